The van der Waals surface area contributed by atoms with Crippen molar-refractivity contribution in [3.63, 3.8) is 0 Å². The Kier molecular flexibility index (Phi) is 5.85. The summed E-state index contributed by atoms with van der Waals surface area (Å²) in [6, 6.07) is 5.38. The fourth-order valence-corrected chi connectivity index (χ4v) is 2.13. The lowest BCUT2D eigenvalue weighted by Crippen LogP contribution is -2.38. The summed E-state index contributed by atoms with van der Waals surface area (Å²) >= 11 is 0. The fraction of sp³-hybridized carbons (Fsp3) is 0.562. The molecule has 0 aliphatic rings. The molecule has 0 atom stereocenters. The number of hydrogen-bond donors (Lipinski definition) is 1. The molecule has 22 heavy (non-hydrogen) atoms. The number of halogens is 3. The highest BCUT2D eigenvalue weighted by Gasteiger charge is 2.32. The van der Waals surface area contributed by atoms with Crippen LogP contribution in [0.25, 0.3) is 0 Å². The van der Waals surface area contributed by atoms with Crippen LogP contribution < -0.4 is 5.73 Å². The SMILES string of the molecule is CCN(CC)C(N)=NCC(C)(C)c1cccc(C(F)(F)F)c1. The van der Waals surface area contributed by atoms with Crippen LogP contribution in [-0.4, -0.2) is 30.5 Å². The van der Waals surface area contributed by atoms with E-state index >= 15 is 0 Å². The van der Waals surface area contributed by atoms with Gasteiger partial charge in [-0.3, -0.25) is 4.99 Å². The van der Waals surface area contributed by atoms with E-state index in [1.165, 1.54) is 12.1 Å². The van der Waals surface area contributed by atoms with Crippen molar-refractivity contribution < 1.29 is 13.2 Å². The molecule has 0 aliphatic carbocycles. The average Bonchev–Trinajstić information content (AvgIpc) is 2.46. The normalized spacial score (nSPS) is 13.3. The van der Waals surface area contributed by atoms with Crippen molar-refractivity contribution in [2.75, 3.05) is 19.6 Å². The minimum atomic E-state index is -4.34. The first-order valence-electron chi connectivity index (χ1n) is 7.34. The van der Waals surface area contributed by atoms with Crippen LogP contribution in [0, 0.1) is 0 Å². The molecule has 0 amide bonds. The number of aliphatic imine (C=N–C) groups is 1. The van der Waals surface area contributed by atoms with E-state index in [2.05, 4.69) is 4.99 Å². The van der Waals surface area contributed by atoms with Gasteiger partial charge in [0.1, 0.15) is 0 Å². The maximum atomic E-state index is 12.8. The van der Waals surface area contributed by atoms with Gasteiger partial charge in [0.2, 0.25) is 0 Å². The van der Waals surface area contributed by atoms with Crippen molar-refractivity contribution >= 4 is 5.96 Å². The van der Waals surface area contributed by atoms with E-state index in [1.807, 2.05) is 32.6 Å². The third kappa shape index (κ3) is 4.64. The molecule has 0 bridgehead atoms. The predicted octanol–water partition coefficient (Wildman–Crippen LogP) is 3.64. The molecule has 124 valence electrons. The number of rotatable bonds is 5. The van der Waals surface area contributed by atoms with Gasteiger partial charge < -0.3 is 10.6 Å². The van der Waals surface area contributed by atoms with Crippen LogP contribution in [0.2, 0.25) is 0 Å². The van der Waals surface area contributed by atoms with Gasteiger partial charge in [-0.15, -0.1) is 0 Å². The number of benzene rings is 1. The average molecular weight is 315 g/mol. The molecule has 0 saturated carbocycles. The maximum Gasteiger partial charge on any atom is 0.416 e. The van der Waals surface area contributed by atoms with Crippen LogP contribution in [0.4, 0.5) is 13.2 Å². The minimum Gasteiger partial charge on any atom is -0.370 e. The Balaban J connectivity index is 2.97. The number of hydrogen-bond acceptors (Lipinski definition) is 1. The number of nitrogens with zero attached hydrogens (tertiary/aromatic N) is 2. The van der Waals surface area contributed by atoms with E-state index in [4.69, 9.17) is 5.73 Å². The molecule has 2 N–H and O–H groups in total. The van der Waals surface area contributed by atoms with Crippen LogP contribution in [0.5, 0.6) is 0 Å². The zero-order valence-electron chi connectivity index (χ0n) is 13.5. The van der Waals surface area contributed by atoms with Crippen LogP contribution in [-0.2, 0) is 11.6 Å². The van der Waals surface area contributed by atoms with E-state index in [9.17, 15) is 13.2 Å². The van der Waals surface area contributed by atoms with Crippen molar-refractivity contribution in [1.82, 2.24) is 4.90 Å². The van der Waals surface area contributed by atoms with Gasteiger partial charge in [-0.2, -0.15) is 13.2 Å². The first-order chi connectivity index (χ1) is 10.1. The molecule has 0 spiro atoms. The van der Waals surface area contributed by atoms with Gasteiger partial charge in [0.15, 0.2) is 5.96 Å². The first kappa shape index (κ1) is 18.3. The van der Waals surface area contributed by atoms with Crippen molar-refractivity contribution in [1.29, 1.82) is 0 Å². The standard InChI is InChI=1S/C16H24F3N3/c1-5-22(6-2)14(20)21-11-15(3,4)12-8-7-9-13(10-12)16(17,18)19/h7-10H,5-6,11H2,1-4H3,(H2,20,21). The van der Waals surface area contributed by atoms with E-state index < -0.39 is 17.2 Å². The Morgan fingerprint density at radius 2 is 1.68 bits per heavy atom. The van der Waals surface area contributed by atoms with E-state index in [0.717, 1.165) is 19.2 Å². The molecule has 3 nitrogen and oxygen atoms in total. The molecule has 0 aromatic heterocycles. The molecule has 0 aliphatic heterocycles. The molecule has 1 rings (SSSR count). The molecule has 6 heteroatoms. The Labute approximate surface area is 130 Å². The summed E-state index contributed by atoms with van der Waals surface area (Å²) in [6.07, 6.45) is -4.34. The Bertz CT molecular complexity index is 518. The second-order valence-electron chi connectivity index (χ2n) is 5.81. The number of nitrogens with two attached hydrogens (primary N) is 1. The first-order valence-corrected chi connectivity index (χ1v) is 7.34. The fourth-order valence-electron chi connectivity index (χ4n) is 2.13. The zero-order valence-corrected chi connectivity index (χ0v) is 13.5. The van der Waals surface area contributed by atoms with E-state index in [-0.39, 0.29) is 0 Å². The van der Waals surface area contributed by atoms with E-state index in [0.29, 0.717) is 18.1 Å². The molecule has 0 saturated heterocycles. The summed E-state index contributed by atoms with van der Waals surface area (Å²) in [5, 5.41) is 0. The molecule has 1 aromatic carbocycles. The van der Waals surface area contributed by atoms with Gasteiger partial charge in [0.05, 0.1) is 12.1 Å². The van der Waals surface area contributed by atoms with Crippen molar-refractivity contribution in [2.24, 2.45) is 10.7 Å². The van der Waals surface area contributed by atoms with Gasteiger partial charge in [-0.1, -0.05) is 32.0 Å². The van der Waals surface area contributed by atoms with Crippen LogP contribution in [0.3, 0.4) is 0 Å². The Hall–Kier alpha value is -1.72. The van der Waals surface area contributed by atoms with Gasteiger partial charge in [0.25, 0.3) is 0 Å². The summed E-state index contributed by atoms with van der Waals surface area (Å²) in [5.41, 5.74) is 5.35. The van der Waals surface area contributed by atoms with Crippen LogP contribution in [0.15, 0.2) is 29.3 Å². The van der Waals surface area contributed by atoms with Crippen molar-refractivity contribution in [3.8, 4) is 0 Å². The highest BCUT2D eigenvalue weighted by atomic mass is 19.4. The summed E-state index contributed by atoms with van der Waals surface area (Å²) < 4.78 is 38.4. The summed E-state index contributed by atoms with van der Waals surface area (Å²) in [6.45, 7) is 9.50. The quantitative estimate of drug-likeness (QED) is 0.666. The third-order valence-corrected chi connectivity index (χ3v) is 3.70. The van der Waals surface area contributed by atoms with Gasteiger partial charge in [-0.05, 0) is 25.5 Å². The van der Waals surface area contributed by atoms with Gasteiger partial charge in [-0.25, -0.2) is 0 Å². The molecular formula is C16H24F3N3. The minimum absolute atomic E-state index is 0.330. The second-order valence-corrected chi connectivity index (χ2v) is 5.81. The van der Waals surface area contributed by atoms with Crippen LogP contribution >= 0.6 is 0 Å². The number of alkyl halides is 3. The van der Waals surface area contributed by atoms with Gasteiger partial charge >= 0.3 is 6.18 Å². The van der Waals surface area contributed by atoms with Gasteiger partial charge in [0, 0.05) is 18.5 Å². The largest absolute Gasteiger partial charge is 0.416 e. The monoisotopic (exact) mass is 315 g/mol. The lowest BCUT2D eigenvalue weighted by atomic mass is 9.84. The van der Waals surface area contributed by atoms with Crippen LogP contribution in [0.1, 0.15) is 38.8 Å². The topological polar surface area (TPSA) is 41.6 Å². The zero-order chi connectivity index (χ0) is 17.0. The molecular weight excluding hydrogens is 291 g/mol. The summed E-state index contributed by atoms with van der Waals surface area (Å²) in [4.78, 5) is 6.25. The molecule has 0 heterocycles. The highest BCUT2D eigenvalue weighted by Crippen LogP contribution is 2.32. The number of guanidine groups is 1. The van der Waals surface area contributed by atoms with E-state index in [1.54, 1.807) is 6.07 Å². The second kappa shape index (κ2) is 7.03. The maximum absolute atomic E-state index is 12.8. The molecule has 0 radical (unpaired) electrons. The lowest BCUT2D eigenvalue weighted by molar-refractivity contribution is -0.137. The molecule has 0 fully saturated rings. The van der Waals surface area contributed by atoms with Crippen molar-refractivity contribution in [2.45, 2.75) is 39.3 Å². The Morgan fingerprint density at radius 3 is 2.18 bits per heavy atom. The van der Waals surface area contributed by atoms with Crippen molar-refractivity contribution in [3.05, 3.63) is 35.4 Å². The molecule has 0 unspecified atom stereocenters. The lowest BCUT2D eigenvalue weighted by Gasteiger charge is -2.26. The highest BCUT2D eigenvalue weighted by molar-refractivity contribution is 5.78. The summed E-state index contributed by atoms with van der Waals surface area (Å²) in [5.74, 6) is 0.421. The Morgan fingerprint density at radius 1 is 1.14 bits per heavy atom. The predicted molar refractivity (Wildman–Crippen MR) is 83.9 cm³/mol. The third-order valence-electron chi connectivity index (χ3n) is 3.70. The smallest absolute Gasteiger partial charge is 0.370 e. The summed E-state index contributed by atoms with van der Waals surface area (Å²) in [7, 11) is 0. The molecule has 1 aromatic rings.